The molecule has 0 aliphatic heterocycles. The number of methoxy groups -OCH3 is 2. The predicted octanol–water partition coefficient (Wildman–Crippen LogP) is 5.56. The monoisotopic (exact) mass is 640 g/mol. The highest BCUT2D eigenvalue weighted by Crippen LogP contribution is 2.37. The first-order valence-electron chi connectivity index (χ1n) is 12.7. The highest BCUT2D eigenvalue weighted by atomic mass is 32.2. The second kappa shape index (κ2) is 12.3. The fourth-order valence-corrected chi connectivity index (χ4v) is 6.08. The molecule has 0 unspecified atom stereocenters. The van der Waals surface area contributed by atoms with Gasteiger partial charge in [-0.1, -0.05) is 25.7 Å². The minimum Gasteiger partial charge on any atom is -0.480 e. The molecule has 4 aromatic rings. The van der Waals surface area contributed by atoms with Gasteiger partial charge in [-0.05, 0) is 24.2 Å². The Balaban J connectivity index is 1.81. The molecule has 0 radical (unpaired) electrons. The average molecular weight is 641 g/mol. The summed E-state index contributed by atoms with van der Waals surface area (Å²) >= 11 is 0. The van der Waals surface area contributed by atoms with E-state index >= 15 is 13.2 Å². The maximum absolute atomic E-state index is 16.1. The van der Waals surface area contributed by atoms with E-state index in [1.807, 2.05) is 4.72 Å². The van der Waals surface area contributed by atoms with Gasteiger partial charge in [0.2, 0.25) is 5.88 Å². The number of hydrogen-bond donors (Lipinski definition) is 1. The van der Waals surface area contributed by atoms with Crippen LogP contribution < -0.4 is 9.46 Å². The molecule has 16 heteroatoms. The van der Waals surface area contributed by atoms with Crippen molar-refractivity contribution in [2.75, 3.05) is 25.5 Å². The van der Waals surface area contributed by atoms with E-state index in [1.165, 1.54) is 6.07 Å². The Bertz CT molecular complexity index is 1810. The zero-order chi connectivity index (χ0) is 31.7. The Morgan fingerprint density at radius 1 is 1.05 bits per heavy atom. The smallest absolute Gasteiger partial charge is 0.359 e. The molecule has 4 rings (SSSR count). The van der Waals surface area contributed by atoms with E-state index in [4.69, 9.17) is 14.2 Å². The summed E-state index contributed by atoms with van der Waals surface area (Å²) in [4.78, 5) is 15.2. The van der Waals surface area contributed by atoms with Crippen molar-refractivity contribution in [1.82, 2.24) is 14.8 Å². The number of carbonyl (C=O) groups excluding carboxylic acids is 1. The molecule has 0 aliphatic rings. The first kappa shape index (κ1) is 31.9. The molecule has 2 aromatic carbocycles. The number of anilines is 1. The number of ether oxygens (including phenoxy) is 3. The summed E-state index contributed by atoms with van der Waals surface area (Å²) in [5.74, 6) is -6.18. The molecule has 0 saturated carbocycles. The Hall–Kier alpha value is -4.02. The summed E-state index contributed by atoms with van der Waals surface area (Å²) in [6.07, 6.45) is 0.723. The minimum absolute atomic E-state index is 0.00488. The third-order valence-corrected chi connectivity index (χ3v) is 9.38. The van der Waals surface area contributed by atoms with Crippen molar-refractivity contribution < 1.29 is 45.0 Å². The Kier molecular flexibility index (Phi) is 9.12. The van der Waals surface area contributed by atoms with Crippen molar-refractivity contribution in [1.29, 1.82) is 0 Å². The summed E-state index contributed by atoms with van der Waals surface area (Å²) in [6.45, 7) is 6.49. The van der Waals surface area contributed by atoms with Gasteiger partial charge in [-0.25, -0.2) is 40.4 Å². The number of pyridine rings is 1. The average Bonchev–Trinajstić information content (AvgIpc) is 3.32. The maximum Gasteiger partial charge on any atom is 0.359 e. The van der Waals surface area contributed by atoms with Gasteiger partial charge in [0.1, 0.15) is 23.9 Å². The Morgan fingerprint density at radius 3 is 2.42 bits per heavy atom. The second-order valence-corrected chi connectivity index (χ2v) is 17.8. The fraction of sp³-hybridized carbons (Fsp3) is 0.296. The summed E-state index contributed by atoms with van der Waals surface area (Å²) in [6, 6.07) is 5.19. The summed E-state index contributed by atoms with van der Waals surface area (Å²) in [7, 11) is -3.95. The molecule has 0 fully saturated rings. The highest BCUT2D eigenvalue weighted by Gasteiger charge is 2.28. The number of nitrogens with zero attached hydrogens (tertiary/aromatic N) is 3. The number of nitrogens with one attached hydrogen (secondary N) is 1. The molecule has 2 heterocycles. The van der Waals surface area contributed by atoms with Crippen molar-refractivity contribution in [3.8, 4) is 17.0 Å². The molecule has 0 saturated heterocycles. The molecule has 230 valence electrons. The lowest BCUT2D eigenvalue weighted by molar-refractivity contribution is 0.0585. The van der Waals surface area contributed by atoms with Crippen LogP contribution in [0.4, 0.5) is 23.2 Å². The third-order valence-electron chi connectivity index (χ3n) is 6.31. The van der Waals surface area contributed by atoms with Gasteiger partial charge >= 0.3 is 5.97 Å². The van der Waals surface area contributed by atoms with E-state index in [-0.39, 0.29) is 23.3 Å². The third kappa shape index (κ3) is 6.65. The Morgan fingerprint density at radius 2 is 1.77 bits per heavy atom. The maximum atomic E-state index is 16.1. The number of benzene rings is 2. The molecule has 0 spiro atoms. The molecule has 2 aromatic heterocycles. The summed E-state index contributed by atoms with van der Waals surface area (Å²) < 4.78 is 105. The van der Waals surface area contributed by atoms with Gasteiger partial charge < -0.3 is 14.2 Å². The molecular weight excluding hydrogens is 612 g/mol. The SMILES string of the molecule is COC(=O)c1nn(COCC[Si](C)(C)C)c2c(F)c(-c3c(F)ccc(NS(=O)(=O)c4cc(F)cnc4OC)c3F)ccc12. The summed E-state index contributed by atoms with van der Waals surface area (Å²) in [5, 5.41) is 4.12. The largest absolute Gasteiger partial charge is 0.480 e. The van der Waals surface area contributed by atoms with Gasteiger partial charge in [0.25, 0.3) is 10.0 Å². The van der Waals surface area contributed by atoms with Gasteiger partial charge in [0.05, 0.1) is 31.7 Å². The van der Waals surface area contributed by atoms with Gasteiger partial charge in [0.15, 0.2) is 22.2 Å². The van der Waals surface area contributed by atoms with Crippen molar-refractivity contribution in [3.63, 3.8) is 0 Å². The highest BCUT2D eigenvalue weighted by molar-refractivity contribution is 7.92. The molecule has 0 amide bonds. The van der Waals surface area contributed by atoms with Crippen molar-refractivity contribution in [3.05, 3.63) is 65.5 Å². The normalized spacial score (nSPS) is 12.0. The van der Waals surface area contributed by atoms with E-state index < -0.39 is 74.9 Å². The fourth-order valence-electron chi connectivity index (χ4n) is 4.13. The van der Waals surface area contributed by atoms with Crippen LogP contribution in [0, 0.1) is 23.3 Å². The van der Waals surface area contributed by atoms with E-state index in [0.29, 0.717) is 12.7 Å². The van der Waals surface area contributed by atoms with Crippen LogP contribution in [-0.4, -0.2) is 58.1 Å². The number of fused-ring (bicyclic) bond motifs is 1. The van der Waals surface area contributed by atoms with Crippen LogP contribution in [0.5, 0.6) is 5.88 Å². The van der Waals surface area contributed by atoms with Crippen molar-refractivity contribution in [2.24, 2.45) is 0 Å². The minimum atomic E-state index is -4.71. The molecule has 0 atom stereocenters. The molecule has 1 N–H and O–H groups in total. The number of sulfonamides is 1. The van der Waals surface area contributed by atoms with Crippen LogP contribution in [0.3, 0.4) is 0 Å². The zero-order valence-electron chi connectivity index (χ0n) is 23.8. The van der Waals surface area contributed by atoms with E-state index in [9.17, 15) is 17.6 Å². The topological polar surface area (TPSA) is 122 Å². The van der Waals surface area contributed by atoms with Crippen molar-refractivity contribution >= 4 is 40.7 Å². The lowest BCUT2D eigenvalue weighted by Gasteiger charge is -2.16. The van der Waals surface area contributed by atoms with E-state index in [0.717, 1.165) is 49.3 Å². The lowest BCUT2D eigenvalue weighted by Crippen LogP contribution is -2.22. The summed E-state index contributed by atoms with van der Waals surface area (Å²) in [5.41, 5.74) is -2.78. The predicted molar refractivity (Wildman–Crippen MR) is 152 cm³/mol. The molecular formula is C27H28F4N4O6SSi. The molecule has 10 nitrogen and oxygen atoms in total. The molecule has 0 aliphatic carbocycles. The number of carbonyl (C=O) groups is 1. The van der Waals surface area contributed by atoms with Gasteiger partial charge in [-0.15, -0.1) is 0 Å². The van der Waals surface area contributed by atoms with E-state index in [2.05, 4.69) is 29.7 Å². The standard InChI is InChI=1S/C27H28F4N4O6SSi/c1-39-26-20(12-15(28)13-32-26)42(37,38)34-19-9-8-18(29)21(23(19)31)16-6-7-17-24(27(36)40-2)33-35(25(17)22(16)30)14-41-10-11-43(3,4)5/h6-9,12-13,34H,10-11,14H2,1-5H3. The Labute approximate surface area is 245 Å². The molecule has 43 heavy (non-hydrogen) atoms. The lowest BCUT2D eigenvalue weighted by atomic mass is 10.0. The van der Waals surface area contributed by atoms with Crippen molar-refractivity contribution in [2.45, 2.75) is 37.3 Å². The van der Waals surface area contributed by atoms with Gasteiger partial charge in [0, 0.05) is 31.7 Å². The molecule has 0 bridgehead atoms. The zero-order valence-corrected chi connectivity index (χ0v) is 25.6. The van der Waals surface area contributed by atoms with Crippen LogP contribution >= 0.6 is 0 Å². The second-order valence-electron chi connectivity index (χ2n) is 10.6. The number of halogens is 4. The van der Waals surface area contributed by atoms with Gasteiger partial charge in [-0.2, -0.15) is 5.10 Å². The van der Waals surface area contributed by atoms with Crippen LogP contribution in [-0.2, 0) is 26.2 Å². The van der Waals surface area contributed by atoms with Crippen LogP contribution in [0.2, 0.25) is 25.7 Å². The first-order valence-corrected chi connectivity index (χ1v) is 17.9. The number of esters is 1. The number of hydrogen-bond acceptors (Lipinski definition) is 8. The quantitative estimate of drug-likeness (QED) is 0.0979. The van der Waals surface area contributed by atoms with E-state index in [1.54, 1.807) is 0 Å². The first-order chi connectivity index (χ1) is 20.2. The number of aromatic nitrogens is 3. The van der Waals surface area contributed by atoms with Crippen LogP contribution in [0.1, 0.15) is 10.5 Å². The van der Waals surface area contributed by atoms with Crippen LogP contribution in [0.15, 0.2) is 41.4 Å². The van der Waals surface area contributed by atoms with Gasteiger partial charge in [-0.3, -0.25) is 4.72 Å². The van der Waals surface area contributed by atoms with Crippen LogP contribution in [0.25, 0.3) is 22.0 Å². The number of rotatable bonds is 11.